The molecule has 5 rings (SSSR count). The molecule has 0 spiro atoms. The van der Waals surface area contributed by atoms with Crippen LogP contribution in [0.25, 0.3) is 21.8 Å². The summed E-state index contributed by atoms with van der Waals surface area (Å²) in [4.78, 5) is 17.5. The first-order chi connectivity index (χ1) is 19.2. The first-order valence-corrected chi connectivity index (χ1v) is 13.2. The molecule has 0 radical (unpaired) electrons. The van der Waals surface area contributed by atoms with Crippen LogP contribution in [0.5, 0.6) is 17.2 Å². The van der Waals surface area contributed by atoms with E-state index in [1.807, 2.05) is 42.5 Å². The van der Waals surface area contributed by atoms with Gasteiger partial charge in [0, 0.05) is 30.5 Å². The number of aryl methyl sites for hydroxylation is 2. The molecule has 0 aliphatic heterocycles. The Hall–Kier alpha value is -4.52. The molecular weight excluding hydrogens is 490 g/mol. The van der Waals surface area contributed by atoms with Gasteiger partial charge in [0.05, 0.1) is 31.9 Å². The van der Waals surface area contributed by atoms with Crippen LogP contribution in [0, 0.1) is 0 Å². The number of imidazole rings is 1. The Labute approximate surface area is 228 Å². The Morgan fingerprint density at radius 2 is 1.64 bits per heavy atom. The number of hydrogen-bond acceptors (Lipinski definition) is 5. The topological polar surface area (TPSA) is 74.6 Å². The largest absolute Gasteiger partial charge is 0.493 e. The van der Waals surface area contributed by atoms with Gasteiger partial charge >= 0.3 is 0 Å². The quantitative estimate of drug-likeness (QED) is 0.202. The van der Waals surface area contributed by atoms with Gasteiger partial charge in [0.1, 0.15) is 11.6 Å². The van der Waals surface area contributed by atoms with E-state index in [1.54, 1.807) is 32.4 Å². The number of para-hydroxylation sites is 2. The van der Waals surface area contributed by atoms with Crippen LogP contribution in [0.4, 0.5) is 0 Å². The highest BCUT2D eigenvalue weighted by Gasteiger charge is 2.13. The Bertz CT molecular complexity index is 1570. The molecule has 5 aromatic rings. The lowest BCUT2D eigenvalue weighted by atomic mass is 10.1. The van der Waals surface area contributed by atoms with Crippen LogP contribution in [0.2, 0.25) is 0 Å². The molecule has 4 aromatic carbocycles. The highest BCUT2D eigenvalue weighted by atomic mass is 16.5. The van der Waals surface area contributed by atoms with Crippen molar-refractivity contribution in [3.8, 4) is 17.2 Å². The van der Waals surface area contributed by atoms with Crippen LogP contribution in [0.3, 0.4) is 0 Å². The lowest BCUT2D eigenvalue weighted by Gasteiger charge is -2.12. The van der Waals surface area contributed by atoms with E-state index in [0.717, 1.165) is 53.8 Å². The van der Waals surface area contributed by atoms with Crippen molar-refractivity contribution in [2.75, 3.05) is 27.4 Å². The maximum absolute atomic E-state index is 12.7. The Morgan fingerprint density at radius 1 is 0.846 bits per heavy atom. The monoisotopic (exact) mass is 523 g/mol. The van der Waals surface area contributed by atoms with Crippen LogP contribution in [0.15, 0.2) is 84.9 Å². The van der Waals surface area contributed by atoms with E-state index in [4.69, 9.17) is 19.2 Å². The molecule has 0 aliphatic rings. The summed E-state index contributed by atoms with van der Waals surface area (Å²) in [6.45, 7) is 1.96. The minimum Gasteiger partial charge on any atom is -0.493 e. The van der Waals surface area contributed by atoms with Crippen molar-refractivity contribution in [3.05, 3.63) is 96.3 Å². The number of carbonyl (C=O) groups excluding carboxylic acids is 1. The maximum Gasteiger partial charge on any atom is 0.251 e. The van der Waals surface area contributed by atoms with Crippen LogP contribution in [0.1, 0.15) is 29.0 Å². The summed E-state index contributed by atoms with van der Waals surface area (Å²) in [7, 11) is 3.13. The summed E-state index contributed by atoms with van der Waals surface area (Å²) in [5.74, 6) is 2.91. The van der Waals surface area contributed by atoms with Crippen molar-refractivity contribution in [2.24, 2.45) is 0 Å². The number of aromatic nitrogens is 2. The number of methoxy groups -OCH3 is 2. The van der Waals surface area contributed by atoms with Gasteiger partial charge in [0.25, 0.3) is 5.91 Å². The first kappa shape index (κ1) is 26.1. The molecule has 0 fully saturated rings. The predicted octanol–water partition coefficient (Wildman–Crippen LogP) is 6.04. The number of fused-ring (bicyclic) bond motifs is 2. The van der Waals surface area contributed by atoms with Crippen LogP contribution in [-0.4, -0.2) is 42.8 Å². The number of nitrogens with zero attached hydrogens (tertiary/aromatic N) is 2. The second kappa shape index (κ2) is 12.3. The molecule has 0 saturated heterocycles. The molecule has 1 heterocycles. The molecule has 0 bridgehead atoms. The molecule has 7 nitrogen and oxygen atoms in total. The van der Waals surface area contributed by atoms with Gasteiger partial charge in [-0.15, -0.1) is 0 Å². The highest BCUT2D eigenvalue weighted by molar-refractivity contribution is 5.94. The van der Waals surface area contributed by atoms with E-state index in [2.05, 4.69) is 34.1 Å². The molecule has 1 amide bonds. The molecule has 1 N–H and O–H groups in total. The summed E-state index contributed by atoms with van der Waals surface area (Å²) in [5.41, 5.74) is 2.63. The SMILES string of the molecule is COc1ccc(C(=O)NCCCc2nc3ccccc3n2CCCOc2cccc3ccccc23)cc1OC. The summed E-state index contributed by atoms with van der Waals surface area (Å²) in [5, 5.41) is 5.31. The number of amides is 1. The zero-order valence-corrected chi connectivity index (χ0v) is 22.4. The zero-order valence-electron chi connectivity index (χ0n) is 22.4. The fourth-order valence-electron chi connectivity index (χ4n) is 4.82. The number of ether oxygens (including phenoxy) is 3. The van der Waals surface area contributed by atoms with Gasteiger partial charge in [-0.2, -0.15) is 0 Å². The van der Waals surface area contributed by atoms with Gasteiger partial charge in [0.2, 0.25) is 0 Å². The molecule has 39 heavy (non-hydrogen) atoms. The van der Waals surface area contributed by atoms with Crippen molar-refractivity contribution in [2.45, 2.75) is 25.8 Å². The van der Waals surface area contributed by atoms with Crippen LogP contribution in [-0.2, 0) is 13.0 Å². The number of nitrogens with one attached hydrogen (secondary N) is 1. The molecular formula is C32H33N3O4. The first-order valence-electron chi connectivity index (χ1n) is 13.2. The molecule has 7 heteroatoms. The summed E-state index contributed by atoms with van der Waals surface area (Å²) >= 11 is 0. The highest BCUT2D eigenvalue weighted by Crippen LogP contribution is 2.28. The van der Waals surface area contributed by atoms with Gasteiger partial charge in [-0.1, -0.05) is 48.5 Å². The minimum absolute atomic E-state index is 0.143. The number of benzene rings is 4. The van der Waals surface area contributed by atoms with Crippen molar-refractivity contribution in [1.82, 2.24) is 14.9 Å². The number of carbonyl (C=O) groups is 1. The summed E-state index contributed by atoms with van der Waals surface area (Å²) < 4.78 is 19.0. The van der Waals surface area contributed by atoms with E-state index in [0.29, 0.717) is 30.2 Å². The Morgan fingerprint density at radius 3 is 2.51 bits per heavy atom. The maximum atomic E-state index is 12.7. The summed E-state index contributed by atoms with van der Waals surface area (Å²) in [6.07, 6.45) is 2.38. The van der Waals surface area contributed by atoms with Gasteiger partial charge in [0.15, 0.2) is 11.5 Å². The lowest BCUT2D eigenvalue weighted by Crippen LogP contribution is -2.25. The van der Waals surface area contributed by atoms with Crippen LogP contribution < -0.4 is 19.5 Å². The third-order valence-corrected chi connectivity index (χ3v) is 6.78. The predicted molar refractivity (Wildman–Crippen MR) is 154 cm³/mol. The Balaban J connectivity index is 1.18. The number of rotatable bonds is 12. The third-order valence-electron chi connectivity index (χ3n) is 6.78. The summed E-state index contributed by atoms with van der Waals surface area (Å²) in [6, 6.07) is 27.8. The second-order valence-corrected chi connectivity index (χ2v) is 9.28. The number of hydrogen-bond donors (Lipinski definition) is 1. The normalized spacial score (nSPS) is 11.0. The van der Waals surface area contributed by atoms with Crippen molar-refractivity contribution in [3.63, 3.8) is 0 Å². The third kappa shape index (κ3) is 5.98. The van der Waals surface area contributed by atoms with E-state index < -0.39 is 0 Å². The van der Waals surface area contributed by atoms with E-state index in [9.17, 15) is 4.79 Å². The minimum atomic E-state index is -0.143. The average molecular weight is 524 g/mol. The van der Waals surface area contributed by atoms with Crippen molar-refractivity contribution in [1.29, 1.82) is 0 Å². The van der Waals surface area contributed by atoms with Crippen molar-refractivity contribution < 1.29 is 19.0 Å². The molecule has 0 unspecified atom stereocenters. The van der Waals surface area contributed by atoms with Gasteiger partial charge in [-0.05, 0) is 54.6 Å². The van der Waals surface area contributed by atoms with Gasteiger partial charge in [-0.25, -0.2) is 4.98 Å². The molecule has 0 atom stereocenters. The fraction of sp³-hybridized carbons (Fsp3) is 0.250. The fourth-order valence-corrected chi connectivity index (χ4v) is 4.82. The standard InChI is InChI=1S/C32H33N3O4/c1-37-29-18-17-24(22-30(29)38-2)32(36)33-19-8-16-31-34-26-13-5-6-14-27(26)35(31)20-9-21-39-28-15-7-11-23-10-3-4-12-25(23)28/h3-7,10-15,17-18,22H,8-9,16,19-21H2,1-2H3,(H,33,36). The Kier molecular flexibility index (Phi) is 8.26. The van der Waals surface area contributed by atoms with E-state index in [1.165, 1.54) is 5.39 Å². The molecule has 200 valence electrons. The molecule has 1 aromatic heterocycles. The average Bonchev–Trinajstić information content (AvgIpc) is 3.34. The van der Waals surface area contributed by atoms with Gasteiger partial charge in [-0.3, -0.25) is 4.79 Å². The van der Waals surface area contributed by atoms with Gasteiger partial charge < -0.3 is 24.1 Å². The zero-order chi connectivity index (χ0) is 27.0. The lowest BCUT2D eigenvalue weighted by molar-refractivity contribution is 0.0952. The second-order valence-electron chi connectivity index (χ2n) is 9.28. The van der Waals surface area contributed by atoms with Crippen molar-refractivity contribution >= 4 is 27.7 Å². The van der Waals surface area contributed by atoms with E-state index >= 15 is 0 Å². The van der Waals surface area contributed by atoms with E-state index in [-0.39, 0.29) is 5.91 Å². The molecule has 0 aliphatic carbocycles. The smallest absolute Gasteiger partial charge is 0.251 e. The van der Waals surface area contributed by atoms with Crippen LogP contribution >= 0.6 is 0 Å². The molecule has 0 saturated carbocycles.